The molecule has 1 unspecified atom stereocenters. The summed E-state index contributed by atoms with van der Waals surface area (Å²) in [5, 5.41) is 10.6. The number of likely N-dealkylation sites (N-methyl/N-ethyl adjacent to an activating group) is 1. The van der Waals surface area contributed by atoms with Gasteiger partial charge in [0.15, 0.2) is 0 Å². The summed E-state index contributed by atoms with van der Waals surface area (Å²) >= 11 is 0. The molecule has 1 atom stereocenters. The van der Waals surface area contributed by atoms with Crippen LogP contribution in [0, 0.1) is 10.8 Å². The molecule has 5 rings (SSSR count). The number of ether oxygens (including phenoxy) is 2. The van der Waals surface area contributed by atoms with Crippen LogP contribution in [0.1, 0.15) is 32.6 Å². The Morgan fingerprint density at radius 1 is 1.10 bits per heavy atom. The minimum Gasteiger partial charge on any atom is -0.497 e. The van der Waals surface area contributed by atoms with Crippen LogP contribution >= 0.6 is 0 Å². The largest absolute Gasteiger partial charge is 0.497 e. The maximum absolute atomic E-state index is 13.3. The number of hydrogen-bond donors (Lipinski definition) is 2. The number of sulfonamides is 1. The summed E-state index contributed by atoms with van der Waals surface area (Å²) in [6.45, 7) is 4.52. The fourth-order valence-corrected chi connectivity index (χ4v) is 6.91. The molecule has 2 N–H and O–H groups in total. The maximum atomic E-state index is 13.3. The van der Waals surface area contributed by atoms with E-state index in [2.05, 4.69) is 4.72 Å². The first kappa shape index (κ1) is 27.9. The first-order valence-corrected chi connectivity index (χ1v) is 15.1. The average molecular weight is 558 g/mol. The Hall–Kier alpha value is -2.66. The van der Waals surface area contributed by atoms with Gasteiger partial charge in [0.2, 0.25) is 15.9 Å². The van der Waals surface area contributed by atoms with E-state index < -0.39 is 16.1 Å². The molecule has 1 aliphatic carbocycles. The summed E-state index contributed by atoms with van der Waals surface area (Å²) in [6, 6.07) is 12.6. The lowest BCUT2D eigenvalue weighted by atomic mass is 9.78. The number of likely N-dealkylation sites (tertiary alicyclic amines) is 1. The number of benzene rings is 2. The monoisotopic (exact) mass is 557 g/mol. The average Bonchev–Trinajstić information content (AvgIpc) is 3.68. The second-order valence-electron chi connectivity index (χ2n) is 11.7. The number of carbonyl (C=O) groups is 1. The Labute approximate surface area is 231 Å². The maximum Gasteiger partial charge on any atom is 0.244 e. The highest BCUT2D eigenvalue weighted by Crippen LogP contribution is 2.47. The van der Waals surface area contributed by atoms with E-state index in [0.717, 1.165) is 36.8 Å². The molecule has 10 heteroatoms. The smallest absolute Gasteiger partial charge is 0.244 e. The first-order valence-electron chi connectivity index (χ1n) is 13.6. The lowest BCUT2D eigenvalue weighted by Crippen LogP contribution is -2.52. The second kappa shape index (κ2) is 10.7. The SMILES string of the molecule is COc1cccc(-c2ccc3c(c2)OCC2(CCN(C(=O)C4(C)CC4)CC2)CN(C)CC(O)CNS3(=O)=O)c1. The van der Waals surface area contributed by atoms with Gasteiger partial charge in [-0.2, -0.15) is 0 Å². The first-order chi connectivity index (χ1) is 18.5. The molecular formula is C29H39N3O6S. The van der Waals surface area contributed by atoms with Crippen LogP contribution in [0.5, 0.6) is 11.5 Å². The minimum atomic E-state index is -3.93. The number of hydrogen-bond acceptors (Lipinski definition) is 7. The van der Waals surface area contributed by atoms with Gasteiger partial charge in [0.05, 0.1) is 19.8 Å². The normalized spacial score (nSPS) is 24.5. The number of carbonyl (C=O) groups excluding carboxylic acids is 1. The van der Waals surface area contributed by atoms with Gasteiger partial charge in [-0.05, 0) is 68.1 Å². The summed E-state index contributed by atoms with van der Waals surface area (Å²) in [5.74, 6) is 1.21. The van der Waals surface area contributed by atoms with Crippen LogP contribution in [0.25, 0.3) is 11.1 Å². The Morgan fingerprint density at radius 2 is 1.82 bits per heavy atom. The summed E-state index contributed by atoms with van der Waals surface area (Å²) in [4.78, 5) is 17.0. The third kappa shape index (κ3) is 6.09. The van der Waals surface area contributed by atoms with Gasteiger partial charge in [-0.3, -0.25) is 4.79 Å². The number of β-amino-alcohol motifs (C(OH)–C–C–N with tert-alkyl or cyclic N) is 1. The van der Waals surface area contributed by atoms with Crippen molar-refractivity contribution in [2.45, 2.75) is 43.6 Å². The van der Waals surface area contributed by atoms with Crippen LogP contribution in [0.2, 0.25) is 0 Å². The molecule has 2 heterocycles. The molecule has 0 aromatic heterocycles. The van der Waals surface area contributed by atoms with E-state index in [4.69, 9.17) is 9.47 Å². The van der Waals surface area contributed by atoms with Crippen LogP contribution in [0.4, 0.5) is 0 Å². The number of fused-ring (bicyclic) bond motifs is 1. The number of methoxy groups -OCH3 is 1. The standard InChI is InChI=1S/C29H39N3O6S/c1-28(9-10-28)27(34)32-13-11-29(12-14-32)19-31(2)18-23(33)17-30-39(35,36)26-8-7-22(16-25(26)38-20-29)21-5-4-6-24(15-21)37-3/h4-8,15-16,23,30,33H,9-14,17-20H2,1-3H3. The number of amides is 1. The third-order valence-electron chi connectivity index (χ3n) is 8.43. The van der Waals surface area contributed by atoms with Crippen molar-refractivity contribution in [3.8, 4) is 22.6 Å². The molecule has 0 bridgehead atoms. The lowest BCUT2D eigenvalue weighted by Gasteiger charge is -2.44. The third-order valence-corrected chi connectivity index (χ3v) is 9.90. The van der Waals surface area contributed by atoms with Crippen molar-refractivity contribution in [3.63, 3.8) is 0 Å². The number of aliphatic hydroxyl groups is 1. The fraction of sp³-hybridized carbons (Fsp3) is 0.552. The molecule has 3 aliphatic rings. The molecule has 9 nitrogen and oxygen atoms in total. The van der Waals surface area contributed by atoms with Crippen molar-refractivity contribution in [1.82, 2.24) is 14.5 Å². The van der Waals surface area contributed by atoms with Gasteiger partial charge in [-0.1, -0.05) is 25.1 Å². The quantitative estimate of drug-likeness (QED) is 0.598. The van der Waals surface area contributed by atoms with Crippen LogP contribution in [0.15, 0.2) is 47.4 Å². The van der Waals surface area contributed by atoms with Crippen molar-refractivity contribution in [1.29, 1.82) is 0 Å². The van der Waals surface area contributed by atoms with Crippen molar-refractivity contribution in [3.05, 3.63) is 42.5 Å². The molecule has 39 heavy (non-hydrogen) atoms. The number of nitrogens with zero attached hydrogens (tertiary/aromatic N) is 2. The Morgan fingerprint density at radius 3 is 2.51 bits per heavy atom. The molecule has 0 radical (unpaired) electrons. The van der Waals surface area contributed by atoms with Gasteiger partial charge < -0.3 is 24.4 Å². The van der Waals surface area contributed by atoms with Gasteiger partial charge in [-0.15, -0.1) is 0 Å². The molecule has 1 spiro atoms. The summed E-state index contributed by atoms with van der Waals surface area (Å²) in [6.07, 6.45) is 2.52. The van der Waals surface area contributed by atoms with Gasteiger partial charge in [-0.25, -0.2) is 13.1 Å². The minimum absolute atomic E-state index is 0.0414. The highest BCUT2D eigenvalue weighted by Gasteiger charge is 2.49. The molecule has 1 saturated heterocycles. The molecule has 212 valence electrons. The number of piperidine rings is 1. The van der Waals surface area contributed by atoms with Crippen molar-refractivity contribution in [2.75, 3.05) is 53.5 Å². The van der Waals surface area contributed by atoms with E-state index in [1.54, 1.807) is 25.3 Å². The van der Waals surface area contributed by atoms with Gasteiger partial charge in [0.25, 0.3) is 0 Å². The van der Waals surface area contributed by atoms with Gasteiger partial charge in [0.1, 0.15) is 16.4 Å². The number of aliphatic hydroxyl groups excluding tert-OH is 1. The topological polar surface area (TPSA) is 108 Å². The summed E-state index contributed by atoms with van der Waals surface area (Å²) in [5.41, 5.74) is 1.18. The number of nitrogens with one attached hydrogen (secondary N) is 1. The molecule has 1 amide bonds. The highest BCUT2D eigenvalue weighted by molar-refractivity contribution is 7.89. The Bertz CT molecular complexity index is 1320. The second-order valence-corrected chi connectivity index (χ2v) is 13.5. The zero-order valence-corrected chi connectivity index (χ0v) is 23.8. The summed E-state index contributed by atoms with van der Waals surface area (Å²) < 4.78 is 40.9. The van der Waals surface area contributed by atoms with Crippen molar-refractivity contribution >= 4 is 15.9 Å². The van der Waals surface area contributed by atoms with E-state index in [-0.39, 0.29) is 33.9 Å². The number of rotatable bonds is 3. The van der Waals surface area contributed by atoms with Crippen LogP contribution in [-0.2, 0) is 14.8 Å². The molecular weight excluding hydrogens is 518 g/mol. The Balaban J connectivity index is 1.46. The van der Waals surface area contributed by atoms with Gasteiger partial charge in [0, 0.05) is 43.6 Å². The van der Waals surface area contributed by atoms with Crippen LogP contribution in [-0.4, -0.2) is 88.8 Å². The highest BCUT2D eigenvalue weighted by atomic mass is 32.2. The predicted octanol–water partition coefficient (Wildman–Crippen LogP) is 2.73. The molecule has 2 aliphatic heterocycles. The fourth-order valence-electron chi connectivity index (χ4n) is 5.72. The zero-order chi connectivity index (χ0) is 27.8. The van der Waals surface area contributed by atoms with Crippen LogP contribution < -0.4 is 14.2 Å². The van der Waals surface area contributed by atoms with E-state index in [9.17, 15) is 18.3 Å². The Kier molecular flexibility index (Phi) is 7.67. The molecule has 2 aromatic rings. The van der Waals surface area contributed by atoms with Gasteiger partial charge >= 0.3 is 0 Å². The zero-order valence-electron chi connectivity index (χ0n) is 23.0. The lowest BCUT2D eigenvalue weighted by molar-refractivity contribution is -0.139. The van der Waals surface area contributed by atoms with Crippen LogP contribution in [0.3, 0.4) is 0 Å². The summed E-state index contributed by atoms with van der Waals surface area (Å²) in [7, 11) is -0.396. The van der Waals surface area contributed by atoms with E-state index in [0.29, 0.717) is 38.5 Å². The van der Waals surface area contributed by atoms with E-state index in [1.165, 1.54) is 0 Å². The molecule has 2 fully saturated rings. The molecule has 2 aromatic carbocycles. The predicted molar refractivity (Wildman–Crippen MR) is 148 cm³/mol. The van der Waals surface area contributed by atoms with Crippen molar-refractivity contribution in [2.24, 2.45) is 10.8 Å². The molecule has 1 saturated carbocycles. The van der Waals surface area contributed by atoms with E-state index >= 15 is 0 Å². The van der Waals surface area contributed by atoms with Crippen molar-refractivity contribution < 1.29 is 27.8 Å². The van der Waals surface area contributed by atoms with E-state index in [1.807, 2.05) is 48.0 Å².